The van der Waals surface area contributed by atoms with Gasteiger partial charge in [0.1, 0.15) is 11.9 Å². The number of rotatable bonds is 7. The third-order valence-electron chi connectivity index (χ3n) is 5.06. The van der Waals surface area contributed by atoms with E-state index in [-0.39, 0.29) is 23.7 Å². The Balaban J connectivity index is 1.73. The molecule has 0 aliphatic rings. The summed E-state index contributed by atoms with van der Waals surface area (Å²) in [5.74, 6) is 0.792. The van der Waals surface area contributed by atoms with Crippen LogP contribution < -0.4 is 10.6 Å². The molecule has 1 unspecified atom stereocenters. The maximum absolute atomic E-state index is 12.8. The summed E-state index contributed by atoms with van der Waals surface area (Å²) in [7, 11) is 1.99. The van der Waals surface area contributed by atoms with Crippen molar-refractivity contribution in [1.29, 1.82) is 0 Å². The summed E-state index contributed by atoms with van der Waals surface area (Å²) < 4.78 is 2.06. The molecular formula is C24H30N4O2. The summed E-state index contributed by atoms with van der Waals surface area (Å²) in [5.41, 5.74) is 3.68. The molecule has 6 heteroatoms. The topological polar surface area (TPSA) is 76.0 Å². The third-order valence-corrected chi connectivity index (χ3v) is 5.06. The standard InChI is InChI=1S/C24H30N4O2/c1-15(2)14-21(29)27-22(16(3)4)24(30)25-18-12-10-17(11-13-18)23-26-19-8-6-7-9-20(19)28(23)5/h6-13,15-16,22H,14H2,1-5H3,(H,25,30)(H,27,29). The first kappa shape index (κ1) is 21.6. The van der Waals surface area contributed by atoms with Gasteiger partial charge in [-0.1, -0.05) is 39.8 Å². The molecule has 3 rings (SSSR count). The molecule has 1 heterocycles. The first-order valence-corrected chi connectivity index (χ1v) is 10.4. The van der Waals surface area contributed by atoms with Gasteiger partial charge in [0.25, 0.3) is 0 Å². The quantitative estimate of drug-likeness (QED) is 0.612. The first-order chi connectivity index (χ1) is 14.3. The van der Waals surface area contributed by atoms with Crippen LogP contribution in [0.2, 0.25) is 0 Å². The van der Waals surface area contributed by atoms with Gasteiger partial charge in [-0.25, -0.2) is 4.98 Å². The smallest absolute Gasteiger partial charge is 0.247 e. The fourth-order valence-electron chi connectivity index (χ4n) is 3.46. The van der Waals surface area contributed by atoms with Crippen molar-refractivity contribution in [3.8, 4) is 11.4 Å². The number of imidazole rings is 1. The number of nitrogens with zero attached hydrogens (tertiary/aromatic N) is 2. The number of hydrogen-bond acceptors (Lipinski definition) is 3. The van der Waals surface area contributed by atoms with Gasteiger partial charge in [0.15, 0.2) is 0 Å². The summed E-state index contributed by atoms with van der Waals surface area (Å²) in [6, 6.07) is 15.0. The Labute approximate surface area is 177 Å². The van der Waals surface area contributed by atoms with Gasteiger partial charge in [0, 0.05) is 24.7 Å². The number of anilines is 1. The lowest BCUT2D eigenvalue weighted by Gasteiger charge is -2.22. The lowest BCUT2D eigenvalue weighted by atomic mass is 10.0. The average Bonchev–Trinajstić information content (AvgIpc) is 3.03. The van der Waals surface area contributed by atoms with Crippen LogP contribution in [-0.2, 0) is 16.6 Å². The summed E-state index contributed by atoms with van der Waals surface area (Å²) in [5, 5.41) is 5.78. The van der Waals surface area contributed by atoms with Crippen LogP contribution in [0.4, 0.5) is 5.69 Å². The molecule has 3 aromatic rings. The summed E-state index contributed by atoms with van der Waals surface area (Å²) in [6.45, 7) is 7.82. The molecule has 2 amide bonds. The number of amides is 2. The highest BCUT2D eigenvalue weighted by molar-refractivity contribution is 5.97. The van der Waals surface area contributed by atoms with Crippen molar-refractivity contribution in [3.05, 3.63) is 48.5 Å². The van der Waals surface area contributed by atoms with Crippen molar-refractivity contribution in [2.45, 2.75) is 40.2 Å². The second-order valence-corrected chi connectivity index (χ2v) is 8.44. The van der Waals surface area contributed by atoms with Gasteiger partial charge in [-0.05, 0) is 48.2 Å². The van der Waals surface area contributed by atoms with Crippen LogP contribution in [0.5, 0.6) is 0 Å². The minimum absolute atomic E-state index is 0.0135. The van der Waals surface area contributed by atoms with Crippen molar-refractivity contribution in [2.75, 3.05) is 5.32 Å². The van der Waals surface area contributed by atoms with E-state index in [4.69, 9.17) is 4.98 Å². The molecule has 0 aliphatic heterocycles. The Morgan fingerprint density at radius 1 is 1.00 bits per heavy atom. The van der Waals surface area contributed by atoms with Gasteiger partial charge in [-0.2, -0.15) is 0 Å². The number of aryl methyl sites for hydroxylation is 1. The molecule has 6 nitrogen and oxygen atoms in total. The Morgan fingerprint density at radius 2 is 1.67 bits per heavy atom. The van der Waals surface area contributed by atoms with Crippen LogP contribution in [0, 0.1) is 11.8 Å². The number of fused-ring (bicyclic) bond motifs is 1. The molecule has 0 aliphatic carbocycles. The first-order valence-electron chi connectivity index (χ1n) is 10.4. The van der Waals surface area contributed by atoms with Crippen LogP contribution in [0.25, 0.3) is 22.4 Å². The number of benzene rings is 2. The van der Waals surface area contributed by atoms with Gasteiger partial charge in [-0.15, -0.1) is 0 Å². The Hall–Kier alpha value is -3.15. The Kier molecular flexibility index (Phi) is 6.55. The molecule has 1 atom stereocenters. The monoisotopic (exact) mass is 406 g/mol. The molecule has 0 fully saturated rings. The van der Waals surface area contributed by atoms with Gasteiger partial charge in [-0.3, -0.25) is 9.59 Å². The molecular weight excluding hydrogens is 376 g/mol. The van der Waals surface area contributed by atoms with E-state index in [1.807, 2.05) is 83.3 Å². The van der Waals surface area contributed by atoms with Crippen LogP contribution in [0.15, 0.2) is 48.5 Å². The molecule has 0 spiro atoms. The normalized spacial score (nSPS) is 12.4. The number of hydrogen-bond donors (Lipinski definition) is 2. The predicted octanol–water partition coefficient (Wildman–Crippen LogP) is 4.37. The lowest BCUT2D eigenvalue weighted by Crippen LogP contribution is -2.47. The molecule has 0 saturated heterocycles. The Bertz CT molecular complexity index is 1040. The van der Waals surface area contributed by atoms with E-state index in [0.29, 0.717) is 12.1 Å². The molecule has 30 heavy (non-hydrogen) atoms. The van der Waals surface area contributed by atoms with E-state index in [0.717, 1.165) is 22.4 Å². The summed E-state index contributed by atoms with van der Waals surface area (Å²) in [4.78, 5) is 29.6. The van der Waals surface area contributed by atoms with Crippen molar-refractivity contribution in [3.63, 3.8) is 0 Å². The number of carbonyl (C=O) groups is 2. The maximum Gasteiger partial charge on any atom is 0.247 e. The molecule has 2 N–H and O–H groups in total. The molecule has 0 bridgehead atoms. The lowest BCUT2D eigenvalue weighted by molar-refractivity contribution is -0.127. The zero-order chi connectivity index (χ0) is 21.8. The summed E-state index contributed by atoms with van der Waals surface area (Å²) in [6.07, 6.45) is 0.406. The van der Waals surface area contributed by atoms with Crippen molar-refractivity contribution in [1.82, 2.24) is 14.9 Å². The highest BCUT2D eigenvalue weighted by Crippen LogP contribution is 2.25. The van der Waals surface area contributed by atoms with E-state index < -0.39 is 6.04 Å². The second kappa shape index (κ2) is 9.11. The largest absolute Gasteiger partial charge is 0.344 e. The van der Waals surface area contributed by atoms with Crippen LogP contribution in [-0.4, -0.2) is 27.4 Å². The summed E-state index contributed by atoms with van der Waals surface area (Å²) >= 11 is 0. The molecule has 0 radical (unpaired) electrons. The highest BCUT2D eigenvalue weighted by Gasteiger charge is 2.24. The number of nitrogens with one attached hydrogen (secondary N) is 2. The number of carbonyl (C=O) groups excluding carboxylic acids is 2. The van der Waals surface area contributed by atoms with Gasteiger partial charge >= 0.3 is 0 Å². The molecule has 1 aromatic heterocycles. The minimum atomic E-state index is -0.573. The molecule has 2 aromatic carbocycles. The minimum Gasteiger partial charge on any atom is -0.344 e. The maximum atomic E-state index is 12.8. The number of aromatic nitrogens is 2. The fraction of sp³-hybridized carbons (Fsp3) is 0.375. The van der Waals surface area contributed by atoms with E-state index in [1.165, 1.54) is 0 Å². The van der Waals surface area contributed by atoms with E-state index in [9.17, 15) is 9.59 Å². The molecule has 158 valence electrons. The van der Waals surface area contributed by atoms with E-state index >= 15 is 0 Å². The zero-order valence-corrected chi connectivity index (χ0v) is 18.3. The zero-order valence-electron chi connectivity index (χ0n) is 18.3. The molecule has 0 saturated carbocycles. The van der Waals surface area contributed by atoms with Crippen LogP contribution in [0.1, 0.15) is 34.1 Å². The Morgan fingerprint density at radius 3 is 2.27 bits per heavy atom. The van der Waals surface area contributed by atoms with Crippen molar-refractivity contribution in [2.24, 2.45) is 18.9 Å². The fourth-order valence-corrected chi connectivity index (χ4v) is 3.46. The number of para-hydroxylation sites is 2. The van der Waals surface area contributed by atoms with Gasteiger partial charge in [0.2, 0.25) is 11.8 Å². The van der Waals surface area contributed by atoms with Crippen LogP contribution >= 0.6 is 0 Å². The third kappa shape index (κ3) is 4.87. The SMILES string of the molecule is CC(C)CC(=O)NC(C(=O)Nc1ccc(-c2nc3ccccc3n2C)cc1)C(C)C. The van der Waals surface area contributed by atoms with E-state index in [1.54, 1.807) is 0 Å². The van der Waals surface area contributed by atoms with E-state index in [2.05, 4.69) is 15.2 Å². The van der Waals surface area contributed by atoms with Gasteiger partial charge < -0.3 is 15.2 Å². The highest BCUT2D eigenvalue weighted by atomic mass is 16.2. The van der Waals surface area contributed by atoms with Crippen molar-refractivity contribution < 1.29 is 9.59 Å². The second-order valence-electron chi connectivity index (χ2n) is 8.44. The van der Waals surface area contributed by atoms with Gasteiger partial charge in [0.05, 0.1) is 11.0 Å². The van der Waals surface area contributed by atoms with Crippen LogP contribution in [0.3, 0.4) is 0 Å². The predicted molar refractivity (Wildman–Crippen MR) is 121 cm³/mol. The average molecular weight is 407 g/mol. The van der Waals surface area contributed by atoms with Crippen molar-refractivity contribution >= 4 is 28.5 Å².